The molecule has 6 heteroatoms. The van der Waals surface area contributed by atoms with Crippen molar-refractivity contribution in [3.63, 3.8) is 0 Å². The molecule has 1 aromatic heterocycles. The second kappa shape index (κ2) is 10.1. The summed E-state index contributed by atoms with van der Waals surface area (Å²) < 4.78 is 8.36. The lowest BCUT2D eigenvalue weighted by Crippen LogP contribution is -2.43. The number of carbonyl (C=O) groups excluding carboxylic acids is 1. The Morgan fingerprint density at radius 3 is 2.60 bits per heavy atom. The highest BCUT2D eigenvalue weighted by Gasteiger charge is 2.26. The quantitative estimate of drug-likeness (QED) is 0.696. The van der Waals surface area contributed by atoms with Gasteiger partial charge in [0.1, 0.15) is 11.9 Å². The Balaban J connectivity index is 1.29. The van der Waals surface area contributed by atoms with Gasteiger partial charge < -0.3 is 14.5 Å². The highest BCUT2D eigenvalue weighted by atomic mass is 16.5. The topological polar surface area (TPSA) is 50.6 Å². The second-order valence-corrected chi connectivity index (χ2v) is 8.61. The summed E-state index contributed by atoms with van der Waals surface area (Å²) in [5, 5.41) is 4.30. The number of para-hydroxylation sites is 1. The van der Waals surface area contributed by atoms with Crippen LogP contribution < -0.4 is 4.74 Å². The number of aryl methyl sites for hydroxylation is 1. The third-order valence-electron chi connectivity index (χ3n) is 6.49. The molecule has 0 bridgehead atoms. The number of benzene rings is 1. The van der Waals surface area contributed by atoms with E-state index in [1.54, 1.807) is 0 Å². The minimum absolute atomic E-state index is 0.120. The van der Waals surface area contributed by atoms with Crippen molar-refractivity contribution < 1.29 is 9.53 Å². The molecule has 0 aliphatic carbocycles. The molecule has 2 aliphatic heterocycles. The average molecular weight is 411 g/mol. The highest BCUT2D eigenvalue weighted by Crippen LogP contribution is 2.26. The van der Waals surface area contributed by atoms with Gasteiger partial charge in [0.15, 0.2) is 0 Å². The summed E-state index contributed by atoms with van der Waals surface area (Å²) in [5.74, 6) is 0.869. The lowest BCUT2D eigenvalue weighted by atomic mass is 10.0. The molecule has 2 aliphatic rings. The van der Waals surface area contributed by atoms with Crippen LogP contribution in [-0.2, 0) is 6.54 Å². The summed E-state index contributed by atoms with van der Waals surface area (Å²) in [6.07, 6.45) is 10.6. The van der Waals surface area contributed by atoms with Gasteiger partial charge in [-0.3, -0.25) is 9.48 Å². The molecule has 2 aromatic rings. The molecule has 0 spiro atoms. The first-order valence-corrected chi connectivity index (χ1v) is 11.5. The molecule has 162 valence electrons. The number of amides is 1. The molecule has 2 saturated heterocycles. The van der Waals surface area contributed by atoms with Crippen LogP contribution in [-0.4, -0.2) is 63.8 Å². The minimum Gasteiger partial charge on any atom is -0.489 e. The molecule has 4 rings (SSSR count). The largest absolute Gasteiger partial charge is 0.489 e. The normalized spacial score (nSPS) is 19.6. The number of aromatic nitrogens is 2. The first kappa shape index (κ1) is 20.9. The van der Waals surface area contributed by atoms with Crippen molar-refractivity contribution in [3.8, 4) is 5.75 Å². The zero-order valence-electron chi connectivity index (χ0n) is 18.1. The van der Waals surface area contributed by atoms with Crippen LogP contribution in [0.3, 0.4) is 0 Å². The van der Waals surface area contributed by atoms with Gasteiger partial charge in [0.2, 0.25) is 0 Å². The maximum Gasteiger partial charge on any atom is 0.257 e. The Bertz CT molecular complexity index is 793. The second-order valence-electron chi connectivity index (χ2n) is 8.61. The minimum atomic E-state index is 0.120. The molecule has 0 radical (unpaired) electrons. The van der Waals surface area contributed by atoms with Gasteiger partial charge in [-0.2, -0.15) is 5.10 Å². The van der Waals surface area contributed by atoms with E-state index < -0.39 is 0 Å². The fourth-order valence-corrected chi connectivity index (χ4v) is 4.56. The Hall–Kier alpha value is -2.34. The SMILES string of the molecule is C[C@H](CCn1cccn1)N1CCC(Oc2ccccc2C(=O)N2CCCCC2)CC1. The van der Waals surface area contributed by atoms with E-state index in [4.69, 9.17) is 4.74 Å². The van der Waals surface area contributed by atoms with E-state index in [9.17, 15) is 4.79 Å². The van der Waals surface area contributed by atoms with E-state index in [2.05, 4.69) is 16.9 Å². The number of rotatable bonds is 7. The Morgan fingerprint density at radius 2 is 1.87 bits per heavy atom. The molecule has 2 fully saturated rings. The van der Waals surface area contributed by atoms with E-state index in [0.29, 0.717) is 6.04 Å². The maximum absolute atomic E-state index is 13.0. The lowest BCUT2D eigenvalue weighted by Gasteiger charge is -2.36. The first-order valence-electron chi connectivity index (χ1n) is 11.5. The maximum atomic E-state index is 13.0. The van der Waals surface area contributed by atoms with E-state index in [0.717, 1.165) is 76.1 Å². The van der Waals surface area contributed by atoms with E-state index in [1.165, 1.54) is 6.42 Å². The molecule has 0 N–H and O–H groups in total. The van der Waals surface area contributed by atoms with Gasteiger partial charge in [0, 0.05) is 51.2 Å². The standard InChI is InChI=1S/C24H34N4O2/c1-20(10-19-28-16-7-13-25-28)26-17-11-21(12-18-26)30-23-9-4-3-8-22(23)24(29)27-14-5-2-6-15-27/h3-4,7-9,13,16,20-21H,2,5-6,10-12,14-15,17-19H2,1H3/t20-/m1/s1. The zero-order chi connectivity index (χ0) is 20.8. The van der Waals surface area contributed by atoms with Crippen LogP contribution in [0.1, 0.15) is 55.8 Å². The van der Waals surface area contributed by atoms with E-state index in [-0.39, 0.29) is 12.0 Å². The highest BCUT2D eigenvalue weighted by molar-refractivity contribution is 5.97. The number of piperidine rings is 2. The van der Waals surface area contributed by atoms with Crippen LogP contribution in [0.2, 0.25) is 0 Å². The van der Waals surface area contributed by atoms with Crippen molar-refractivity contribution in [1.82, 2.24) is 19.6 Å². The van der Waals surface area contributed by atoms with Crippen LogP contribution in [0, 0.1) is 0 Å². The number of carbonyl (C=O) groups is 1. The van der Waals surface area contributed by atoms with Gasteiger partial charge in [0.25, 0.3) is 5.91 Å². The first-order chi connectivity index (χ1) is 14.7. The molecular weight excluding hydrogens is 376 g/mol. The number of hydrogen-bond donors (Lipinski definition) is 0. The van der Waals surface area contributed by atoms with E-state index in [1.807, 2.05) is 52.3 Å². The van der Waals surface area contributed by atoms with Gasteiger partial charge in [-0.15, -0.1) is 0 Å². The number of hydrogen-bond acceptors (Lipinski definition) is 4. The van der Waals surface area contributed by atoms with Crippen molar-refractivity contribution in [1.29, 1.82) is 0 Å². The molecule has 0 saturated carbocycles. The average Bonchev–Trinajstić information content (AvgIpc) is 3.32. The monoisotopic (exact) mass is 410 g/mol. The van der Waals surface area contributed by atoms with Gasteiger partial charge in [-0.25, -0.2) is 0 Å². The summed E-state index contributed by atoms with van der Waals surface area (Å²) in [6.45, 7) is 7.05. The van der Waals surface area contributed by atoms with Gasteiger partial charge >= 0.3 is 0 Å². The third-order valence-corrected chi connectivity index (χ3v) is 6.49. The number of likely N-dealkylation sites (tertiary alicyclic amines) is 2. The summed E-state index contributed by atoms with van der Waals surface area (Å²) in [7, 11) is 0. The van der Waals surface area contributed by atoms with Crippen LogP contribution in [0.25, 0.3) is 0 Å². The zero-order valence-corrected chi connectivity index (χ0v) is 18.1. The molecule has 0 unspecified atom stereocenters. The van der Waals surface area contributed by atoms with Crippen LogP contribution in [0.5, 0.6) is 5.75 Å². The summed E-state index contributed by atoms with van der Waals surface area (Å²) in [6, 6.07) is 10.3. The summed E-state index contributed by atoms with van der Waals surface area (Å²) in [4.78, 5) is 17.5. The smallest absolute Gasteiger partial charge is 0.257 e. The molecule has 1 amide bonds. The predicted octanol–water partition coefficient (Wildman–Crippen LogP) is 3.83. The molecule has 30 heavy (non-hydrogen) atoms. The Labute approximate surface area is 179 Å². The summed E-state index contributed by atoms with van der Waals surface area (Å²) in [5.41, 5.74) is 0.717. The van der Waals surface area contributed by atoms with Crippen molar-refractivity contribution in [3.05, 3.63) is 48.3 Å². The predicted molar refractivity (Wildman–Crippen MR) is 118 cm³/mol. The van der Waals surface area contributed by atoms with Gasteiger partial charge in [-0.05, 0) is 63.6 Å². The van der Waals surface area contributed by atoms with Gasteiger partial charge in [0.05, 0.1) is 5.56 Å². The Morgan fingerprint density at radius 1 is 1.10 bits per heavy atom. The van der Waals surface area contributed by atoms with Crippen LogP contribution >= 0.6 is 0 Å². The molecule has 1 atom stereocenters. The van der Waals surface area contributed by atoms with E-state index >= 15 is 0 Å². The van der Waals surface area contributed by atoms with Crippen molar-refractivity contribution >= 4 is 5.91 Å². The molecular formula is C24H34N4O2. The number of nitrogens with zero attached hydrogens (tertiary/aromatic N) is 4. The number of ether oxygens (including phenoxy) is 1. The lowest BCUT2D eigenvalue weighted by molar-refractivity contribution is 0.0673. The van der Waals surface area contributed by atoms with Gasteiger partial charge in [-0.1, -0.05) is 12.1 Å². The fourth-order valence-electron chi connectivity index (χ4n) is 4.56. The van der Waals surface area contributed by atoms with Crippen LogP contribution in [0.4, 0.5) is 0 Å². The molecule has 1 aromatic carbocycles. The van der Waals surface area contributed by atoms with Crippen LogP contribution in [0.15, 0.2) is 42.7 Å². The van der Waals surface area contributed by atoms with Crippen molar-refractivity contribution in [2.24, 2.45) is 0 Å². The molecule has 6 nitrogen and oxygen atoms in total. The Kier molecular flexibility index (Phi) is 7.05. The van der Waals surface area contributed by atoms with Crippen molar-refractivity contribution in [2.75, 3.05) is 26.2 Å². The van der Waals surface area contributed by atoms with Crippen molar-refractivity contribution in [2.45, 2.75) is 64.1 Å². The summed E-state index contributed by atoms with van der Waals surface area (Å²) >= 11 is 0. The molecule has 3 heterocycles. The fraction of sp³-hybridized carbons (Fsp3) is 0.583. The third kappa shape index (κ3) is 5.22.